The summed E-state index contributed by atoms with van der Waals surface area (Å²) in [6, 6.07) is 0. The van der Waals surface area contributed by atoms with Crippen molar-refractivity contribution in [2.75, 3.05) is 33.8 Å². The third-order valence-electron chi connectivity index (χ3n) is 3.69. The summed E-state index contributed by atoms with van der Waals surface area (Å²) in [4.78, 5) is 2.23. The lowest BCUT2D eigenvalue weighted by Gasteiger charge is -2.35. The summed E-state index contributed by atoms with van der Waals surface area (Å²) in [5, 5.41) is 13.1. The van der Waals surface area contributed by atoms with Gasteiger partial charge >= 0.3 is 0 Å². The summed E-state index contributed by atoms with van der Waals surface area (Å²) in [7, 11) is 4.23. The van der Waals surface area contributed by atoms with E-state index in [1.54, 1.807) is 0 Å². The van der Waals surface area contributed by atoms with E-state index in [0.717, 1.165) is 19.5 Å². The number of aliphatic hydroxyl groups excluding tert-OH is 1. The van der Waals surface area contributed by atoms with Gasteiger partial charge in [-0.05, 0) is 52.4 Å². The van der Waals surface area contributed by atoms with E-state index < -0.39 is 0 Å². The Balaban J connectivity index is 2.52. The molecule has 0 radical (unpaired) electrons. The van der Waals surface area contributed by atoms with Crippen LogP contribution in [0.4, 0.5) is 0 Å². The van der Waals surface area contributed by atoms with E-state index in [9.17, 15) is 5.11 Å². The van der Waals surface area contributed by atoms with Gasteiger partial charge in [0.2, 0.25) is 0 Å². The third-order valence-corrected chi connectivity index (χ3v) is 3.69. The second kappa shape index (κ2) is 5.83. The summed E-state index contributed by atoms with van der Waals surface area (Å²) in [6.45, 7) is 4.49. The average molecular weight is 214 g/mol. The molecule has 3 heteroatoms. The fourth-order valence-corrected chi connectivity index (χ4v) is 2.83. The van der Waals surface area contributed by atoms with E-state index in [1.165, 1.54) is 19.3 Å². The van der Waals surface area contributed by atoms with Crippen molar-refractivity contribution in [3.8, 4) is 0 Å². The molecule has 2 atom stereocenters. The van der Waals surface area contributed by atoms with E-state index in [1.807, 2.05) is 0 Å². The Labute approximate surface area is 93.9 Å². The first-order valence-corrected chi connectivity index (χ1v) is 6.15. The lowest BCUT2D eigenvalue weighted by Crippen LogP contribution is -2.51. The molecule has 0 aliphatic heterocycles. The van der Waals surface area contributed by atoms with Crippen molar-refractivity contribution in [2.24, 2.45) is 5.92 Å². The van der Waals surface area contributed by atoms with Crippen LogP contribution in [0.3, 0.4) is 0 Å². The van der Waals surface area contributed by atoms with Crippen LogP contribution in [0.2, 0.25) is 0 Å². The second-order valence-corrected chi connectivity index (χ2v) is 5.03. The number of nitrogens with one attached hydrogen (secondary N) is 1. The van der Waals surface area contributed by atoms with Gasteiger partial charge in [0.1, 0.15) is 0 Å². The van der Waals surface area contributed by atoms with Gasteiger partial charge in [-0.15, -0.1) is 0 Å². The summed E-state index contributed by atoms with van der Waals surface area (Å²) in [5.74, 6) is 0.643. The molecule has 0 bridgehead atoms. The Morgan fingerprint density at radius 2 is 2.20 bits per heavy atom. The molecule has 90 valence electrons. The Morgan fingerprint density at radius 3 is 2.73 bits per heavy atom. The zero-order valence-electron chi connectivity index (χ0n) is 10.4. The molecule has 0 aromatic carbocycles. The first-order chi connectivity index (χ1) is 7.14. The molecule has 1 rings (SSSR count). The molecular weight excluding hydrogens is 188 g/mol. The molecule has 0 saturated heterocycles. The van der Waals surface area contributed by atoms with Crippen molar-refractivity contribution in [3.05, 3.63) is 0 Å². The maximum Gasteiger partial charge on any atom is 0.0616 e. The normalized spacial score (nSPS) is 31.4. The van der Waals surface area contributed by atoms with Gasteiger partial charge in [0.25, 0.3) is 0 Å². The fourth-order valence-electron chi connectivity index (χ4n) is 2.83. The van der Waals surface area contributed by atoms with Gasteiger partial charge in [-0.1, -0.05) is 13.3 Å². The van der Waals surface area contributed by atoms with Crippen molar-refractivity contribution in [3.63, 3.8) is 0 Å². The highest BCUT2D eigenvalue weighted by Gasteiger charge is 2.41. The van der Waals surface area contributed by atoms with Crippen LogP contribution in [-0.4, -0.2) is 49.3 Å². The monoisotopic (exact) mass is 214 g/mol. The lowest BCUT2D eigenvalue weighted by atomic mass is 9.85. The largest absolute Gasteiger partial charge is 0.394 e. The minimum Gasteiger partial charge on any atom is -0.394 e. The minimum absolute atomic E-state index is 0.0186. The molecule has 15 heavy (non-hydrogen) atoms. The molecule has 2 unspecified atom stereocenters. The summed E-state index contributed by atoms with van der Waals surface area (Å²) in [5.41, 5.74) is 0.0186. The van der Waals surface area contributed by atoms with Crippen LogP contribution < -0.4 is 5.32 Å². The van der Waals surface area contributed by atoms with Crippen molar-refractivity contribution in [1.29, 1.82) is 0 Å². The summed E-state index contributed by atoms with van der Waals surface area (Å²) < 4.78 is 0. The minimum atomic E-state index is 0.0186. The SMILES string of the molecule is CCNC1(CO)CCCC1CCN(C)C. The summed E-state index contributed by atoms with van der Waals surface area (Å²) >= 11 is 0. The van der Waals surface area contributed by atoms with E-state index >= 15 is 0 Å². The standard InChI is InChI=1S/C12H26N2O/c1-4-13-12(10-15)8-5-6-11(12)7-9-14(2)3/h11,13,15H,4-10H2,1-3H3. The van der Waals surface area contributed by atoms with Crippen molar-refractivity contribution >= 4 is 0 Å². The van der Waals surface area contributed by atoms with Crippen molar-refractivity contribution in [2.45, 2.75) is 38.1 Å². The Morgan fingerprint density at radius 1 is 1.47 bits per heavy atom. The number of rotatable bonds is 6. The summed E-state index contributed by atoms with van der Waals surface area (Å²) in [6.07, 6.45) is 4.85. The number of likely N-dealkylation sites (N-methyl/N-ethyl adjacent to an activating group) is 1. The van der Waals surface area contributed by atoms with Gasteiger partial charge in [0, 0.05) is 5.54 Å². The first-order valence-electron chi connectivity index (χ1n) is 6.15. The van der Waals surface area contributed by atoms with E-state index in [4.69, 9.17) is 0 Å². The molecular formula is C12H26N2O. The highest BCUT2D eigenvalue weighted by molar-refractivity contribution is 4.98. The molecule has 3 nitrogen and oxygen atoms in total. The van der Waals surface area contributed by atoms with Crippen LogP contribution in [0.1, 0.15) is 32.6 Å². The van der Waals surface area contributed by atoms with Crippen LogP contribution in [-0.2, 0) is 0 Å². The zero-order valence-corrected chi connectivity index (χ0v) is 10.4. The Hall–Kier alpha value is -0.120. The van der Waals surface area contributed by atoms with Crippen LogP contribution in [0, 0.1) is 5.92 Å². The highest BCUT2D eigenvalue weighted by Crippen LogP contribution is 2.37. The fraction of sp³-hybridized carbons (Fsp3) is 1.00. The third kappa shape index (κ3) is 3.16. The van der Waals surface area contributed by atoms with Crippen LogP contribution in [0.15, 0.2) is 0 Å². The van der Waals surface area contributed by atoms with Crippen LogP contribution in [0.5, 0.6) is 0 Å². The Bertz CT molecular complexity index is 184. The molecule has 0 heterocycles. The van der Waals surface area contributed by atoms with Crippen LogP contribution >= 0.6 is 0 Å². The maximum absolute atomic E-state index is 9.61. The van der Waals surface area contributed by atoms with Gasteiger partial charge < -0.3 is 15.3 Å². The molecule has 2 N–H and O–H groups in total. The van der Waals surface area contributed by atoms with E-state index in [0.29, 0.717) is 12.5 Å². The molecule has 0 aromatic heterocycles. The maximum atomic E-state index is 9.61. The lowest BCUT2D eigenvalue weighted by molar-refractivity contribution is 0.116. The van der Waals surface area contributed by atoms with Crippen molar-refractivity contribution in [1.82, 2.24) is 10.2 Å². The molecule has 0 aromatic rings. The molecule has 1 fully saturated rings. The predicted molar refractivity (Wildman–Crippen MR) is 64.0 cm³/mol. The topological polar surface area (TPSA) is 35.5 Å². The average Bonchev–Trinajstić information content (AvgIpc) is 2.59. The number of aliphatic hydroxyl groups is 1. The number of hydrogen-bond donors (Lipinski definition) is 2. The smallest absolute Gasteiger partial charge is 0.0616 e. The predicted octanol–water partition coefficient (Wildman–Crippen LogP) is 1.08. The second-order valence-electron chi connectivity index (χ2n) is 5.03. The van der Waals surface area contributed by atoms with Gasteiger partial charge in [-0.2, -0.15) is 0 Å². The molecule has 0 amide bonds. The Kier molecular flexibility index (Phi) is 5.03. The highest BCUT2D eigenvalue weighted by atomic mass is 16.3. The zero-order chi connectivity index (χ0) is 11.3. The van der Waals surface area contributed by atoms with Gasteiger partial charge in [-0.25, -0.2) is 0 Å². The van der Waals surface area contributed by atoms with Gasteiger partial charge in [0.15, 0.2) is 0 Å². The van der Waals surface area contributed by atoms with Crippen molar-refractivity contribution < 1.29 is 5.11 Å². The quantitative estimate of drug-likeness (QED) is 0.694. The number of nitrogens with zero attached hydrogens (tertiary/aromatic N) is 1. The van der Waals surface area contributed by atoms with E-state index in [2.05, 4.69) is 31.2 Å². The van der Waals surface area contributed by atoms with Crippen LogP contribution in [0.25, 0.3) is 0 Å². The molecule has 1 saturated carbocycles. The van der Waals surface area contributed by atoms with Gasteiger partial charge in [0.05, 0.1) is 6.61 Å². The van der Waals surface area contributed by atoms with E-state index in [-0.39, 0.29) is 5.54 Å². The molecule has 1 aliphatic carbocycles. The first kappa shape index (κ1) is 12.9. The number of hydrogen-bond acceptors (Lipinski definition) is 3. The van der Waals surface area contributed by atoms with Gasteiger partial charge in [-0.3, -0.25) is 0 Å². The molecule has 0 spiro atoms. The molecule has 1 aliphatic rings.